The van der Waals surface area contributed by atoms with Crippen LogP contribution in [0.4, 0.5) is 0 Å². The lowest BCUT2D eigenvalue weighted by atomic mass is 9.81. The molecule has 0 saturated heterocycles. The second kappa shape index (κ2) is 2.47. The van der Waals surface area contributed by atoms with Crippen molar-refractivity contribution < 1.29 is 5.11 Å². The third kappa shape index (κ3) is 1.03. The molecule has 1 heteroatoms. The van der Waals surface area contributed by atoms with E-state index in [2.05, 4.69) is 6.92 Å². The first-order valence-electron chi connectivity index (χ1n) is 4.56. The summed E-state index contributed by atoms with van der Waals surface area (Å²) in [6.07, 6.45) is 7.07. The topological polar surface area (TPSA) is 20.2 Å². The molecule has 11 heavy (non-hydrogen) atoms. The third-order valence-electron chi connectivity index (χ3n) is 3.04. The molecule has 0 aromatic rings. The quantitative estimate of drug-likeness (QED) is 0.528. The summed E-state index contributed by atoms with van der Waals surface area (Å²) >= 11 is 0. The van der Waals surface area contributed by atoms with Crippen molar-refractivity contribution in [2.24, 2.45) is 11.8 Å². The van der Waals surface area contributed by atoms with Crippen LogP contribution in [0.1, 0.15) is 32.6 Å². The van der Waals surface area contributed by atoms with Gasteiger partial charge in [-0.05, 0) is 26.2 Å². The highest BCUT2D eigenvalue weighted by atomic mass is 16.3. The van der Waals surface area contributed by atoms with Gasteiger partial charge < -0.3 is 5.11 Å². The minimum absolute atomic E-state index is 0.588. The summed E-state index contributed by atoms with van der Waals surface area (Å²) in [5.74, 6) is 1.87. The summed E-state index contributed by atoms with van der Waals surface area (Å²) in [6, 6.07) is 0. The van der Waals surface area contributed by atoms with Gasteiger partial charge in [-0.1, -0.05) is 0 Å². The molecule has 2 atom stereocenters. The van der Waals surface area contributed by atoms with E-state index in [9.17, 15) is 5.11 Å². The van der Waals surface area contributed by atoms with E-state index in [0.717, 1.165) is 6.42 Å². The van der Waals surface area contributed by atoms with Gasteiger partial charge in [-0.2, -0.15) is 0 Å². The number of fused-ring (bicyclic) bond motifs is 1. The number of aliphatic hydroxyl groups excluding tert-OH is 1. The van der Waals surface area contributed by atoms with E-state index in [1.54, 1.807) is 0 Å². The molecule has 0 spiro atoms. The first-order valence-corrected chi connectivity index (χ1v) is 4.56. The second-order valence-electron chi connectivity index (χ2n) is 3.79. The summed E-state index contributed by atoms with van der Waals surface area (Å²) < 4.78 is 0. The Kier molecular flexibility index (Phi) is 1.59. The number of aliphatic hydroxyl groups is 1. The van der Waals surface area contributed by atoms with Crippen molar-refractivity contribution in [2.75, 3.05) is 0 Å². The fourth-order valence-electron chi connectivity index (χ4n) is 2.41. The van der Waals surface area contributed by atoms with E-state index in [-0.39, 0.29) is 0 Å². The molecule has 1 nitrogen and oxygen atoms in total. The highest BCUT2D eigenvalue weighted by Gasteiger charge is 2.42. The molecule has 0 aromatic heterocycles. The number of allylic oxidation sites excluding steroid dienone is 2. The molecular weight excluding hydrogens is 136 g/mol. The van der Waals surface area contributed by atoms with E-state index in [0.29, 0.717) is 17.6 Å². The maximum absolute atomic E-state index is 9.52. The van der Waals surface area contributed by atoms with Crippen LogP contribution < -0.4 is 0 Å². The zero-order chi connectivity index (χ0) is 7.84. The molecule has 0 heterocycles. The molecule has 0 radical (unpaired) electrons. The highest BCUT2D eigenvalue weighted by molar-refractivity contribution is 5.28. The largest absolute Gasteiger partial charge is 0.478 e. The molecule has 2 aliphatic rings. The van der Waals surface area contributed by atoms with Crippen LogP contribution in [0, 0.1) is 18.3 Å². The monoisotopic (exact) mass is 151 g/mol. The lowest BCUT2D eigenvalue weighted by Gasteiger charge is -2.16. The van der Waals surface area contributed by atoms with Crippen molar-refractivity contribution in [3.8, 4) is 0 Å². The highest BCUT2D eigenvalue weighted by Crippen LogP contribution is 2.43. The molecule has 1 N–H and O–H groups in total. The van der Waals surface area contributed by atoms with Crippen molar-refractivity contribution in [1.29, 1.82) is 0 Å². The van der Waals surface area contributed by atoms with Gasteiger partial charge in [0.15, 0.2) is 0 Å². The Morgan fingerprint density at radius 1 is 1.45 bits per heavy atom. The standard InChI is InChI=1S/C10H14O/c1-7-6-10(11)9-5-3-2-4-8(7)9/h6-8H,2-5H2,1H3/p+1. The summed E-state index contributed by atoms with van der Waals surface area (Å²) in [6.45, 7) is 2.21. The SMILES string of the molecule is CC1[CH+]C(O)=C2CCCCC21. The Hall–Kier alpha value is -0.590. The van der Waals surface area contributed by atoms with Gasteiger partial charge in [0.05, 0.1) is 18.3 Å². The van der Waals surface area contributed by atoms with Crippen LogP contribution >= 0.6 is 0 Å². The molecule has 0 aromatic carbocycles. The second-order valence-corrected chi connectivity index (χ2v) is 3.79. The summed E-state index contributed by atoms with van der Waals surface area (Å²) in [4.78, 5) is 0. The summed E-state index contributed by atoms with van der Waals surface area (Å²) in [5, 5.41) is 9.52. The van der Waals surface area contributed by atoms with Crippen molar-refractivity contribution in [2.45, 2.75) is 32.6 Å². The normalized spacial score (nSPS) is 36.8. The number of hydrogen-bond donors (Lipinski definition) is 1. The maximum atomic E-state index is 9.52. The molecule has 60 valence electrons. The minimum atomic E-state index is 0.588. The molecule has 2 unspecified atom stereocenters. The zero-order valence-corrected chi connectivity index (χ0v) is 7.01. The molecule has 1 fully saturated rings. The smallest absolute Gasteiger partial charge is 0.276 e. The van der Waals surface area contributed by atoms with Gasteiger partial charge in [0.1, 0.15) is 5.57 Å². The fraction of sp³-hybridized carbons (Fsp3) is 0.700. The maximum Gasteiger partial charge on any atom is 0.276 e. The van der Waals surface area contributed by atoms with Crippen molar-refractivity contribution in [1.82, 2.24) is 0 Å². The third-order valence-corrected chi connectivity index (χ3v) is 3.04. The Bertz CT molecular complexity index is 193. The Balaban J connectivity index is 2.21. The first kappa shape index (κ1) is 7.08. The van der Waals surface area contributed by atoms with Crippen molar-refractivity contribution >= 4 is 0 Å². The van der Waals surface area contributed by atoms with E-state index in [4.69, 9.17) is 0 Å². The van der Waals surface area contributed by atoms with Crippen LogP contribution in [0.5, 0.6) is 0 Å². The summed E-state index contributed by atoms with van der Waals surface area (Å²) in [7, 11) is 0. The number of hydrogen-bond acceptors (Lipinski definition) is 1. The van der Waals surface area contributed by atoms with Gasteiger partial charge >= 0.3 is 0 Å². The van der Waals surface area contributed by atoms with Crippen LogP contribution in [0.2, 0.25) is 0 Å². The van der Waals surface area contributed by atoms with Gasteiger partial charge in [-0.25, -0.2) is 0 Å². The van der Waals surface area contributed by atoms with E-state index < -0.39 is 0 Å². The molecule has 0 aliphatic heterocycles. The van der Waals surface area contributed by atoms with Gasteiger partial charge in [-0.3, -0.25) is 0 Å². The molecule has 1 saturated carbocycles. The summed E-state index contributed by atoms with van der Waals surface area (Å²) in [5.41, 5.74) is 1.34. The fourth-order valence-corrected chi connectivity index (χ4v) is 2.41. The predicted octanol–water partition coefficient (Wildman–Crippen LogP) is 2.84. The average Bonchev–Trinajstić information content (AvgIpc) is 2.30. The number of rotatable bonds is 0. The van der Waals surface area contributed by atoms with Crippen LogP contribution in [-0.4, -0.2) is 5.11 Å². The van der Waals surface area contributed by atoms with Gasteiger partial charge in [0.25, 0.3) is 5.76 Å². The van der Waals surface area contributed by atoms with Crippen LogP contribution in [0.15, 0.2) is 11.3 Å². The Morgan fingerprint density at radius 3 is 3.00 bits per heavy atom. The van der Waals surface area contributed by atoms with Crippen LogP contribution in [-0.2, 0) is 0 Å². The van der Waals surface area contributed by atoms with Crippen LogP contribution in [0.25, 0.3) is 0 Å². The Labute approximate surface area is 68.1 Å². The van der Waals surface area contributed by atoms with E-state index in [1.807, 2.05) is 6.42 Å². The molecule has 2 aliphatic carbocycles. The van der Waals surface area contributed by atoms with Crippen molar-refractivity contribution in [3.63, 3.8) is 0 Å². The van der Waals surface area contributed by atoms with E-state index in [1.165, 1.54) is 24.8 Å². The van der Waals surface area contributed by atoms with Gasteiger partial charge in [-0.15, -0.1) is 0 Å². The lowest BCUT2D eigenvalue weighted by Crippen LogP contribution is -2.12. The molecule has 0 bridgehead atoms. The molecular formula is C10H15O+. The van der Waals surface area contributed by atoms with Crippen LogP contribution in [0.3, 0.4) is 0 Å². The van der Waals surface area contributed by atoms with Gasteiger partial charge in [0, 0.05) is 6.42 Å². The Morgan fingerprint density at radius 2 is 2.27 bits per heavy atom. The lowest BCUT2D eigenvalue weighted by molar-refractivity contribution is 0.389. The van der Waals surface area contributed by atoms with E-state index >= 15 is 0 Å². The predicted molar refractivity (Wildman–Crippen MR) is 45.1 cm³/mol. The molecule has 2 rings (SSSR count). The average molecular weight is 151 g/mol. The molecule has 0 amide bonds. The zero-order valence-electron chi connectivity index (χ0n) is 7.01. The van der Waals surface area contributed by atoms with Gasteiger partial charge in [0.2, 0.25) is 0 Å². The van der Waals surface area contributed by atoms with Crippen molar-refractivity contribution in [3.05, 3.63) is 17.8 Å². The first-order chi connectivity index (χ1) is 5.29. The minimum Gasteiger partial charge on any atom is -0.478 e.